The van der Waals surface area contributed by atoms with Crippen molar-refractivity contribution in [3.63, 3.8) is 0 Å². The van der Waals surface area contributed by atoms with Gasteiger partial charge >= 0.3 is 6.18 Å². The fourth-order valence-electron chi connectivity index (χ4n) is 2.39. The van der Waals surface area contributed by atoms with E-state index in [9.17, 15) is 18.0 Å². The highest BCUT2D eigenvalue weighted by Crippen LogP contribution is 2.32. The number of amides is 1. The molecular weight excluding hydrogens is 247 g/mol. The monoisotopic (exact) mass is 261 g/mol. The Bertz CT molecular complexity index is 373. The maximum atomic E-state index is 12.3. The number of halogens is 3. The van der Waals surface area contributed by atoms with Crippen LogP contribution in [0.3, 0.4) is 0 Å². The average Bonchev–Trinajstić information content (AvgIpc) is 3.03. The topological polar surface area (TPSA) is 47.3 Å². The summed E-state index contributed by atoms with van der Waals surface area (Å²) in [5.74, 6) is -0.491. The van der Waals surface area contributed by atoms with Crippen molar-refractivity contribution in [3.8, 4) is 6.07 Å². The van der Waals surface area contributed by atoms with Gasteiger partial charge < -0.3 is 4.90 Å². The Balaban J connectivity index is 1.99. The summed E-state index contributed by atoms with van der Waals surface area (Å²) in [5, 5.41) is 8.72. The molecule has 1 aliphatic heterocycles. The molecule has 0 aromatic carbocycles. The van der Waals surface area contributed by atoms with Crippen LogP contribution >= 0.6 is 0 Å². The summed E-state index contributed by atoms with van der Waals surface area (Å²) in [6.07, 6.45) is -2.13. The standard InChI is InChI=1S/C11H14F3N3O/c12-11(13,14)7-16-5-3-9(10(16)18)17(6-4-15)8-1-2-8/h8-9H,1-3,5-7H2. The first-order chi connectivity index (χ1) is 8.42. The Morgan fingerprint density at radius 2 is 2.06 bits per heavy atom. The first-order valence-corrected chi connectivity index (χ1v) is 5.90. The Hall–Kier alpha value is -1.29. The highest BCUT2D eigenvalue weighted by atomic mass is 19.4. The number of hydrogen-bond acceptors (Lipinski definition) is 3. The van der Waals surface area contributed by atoms with E-state index < -0.39 is 24.7 Å². The van der Waals surface area contributed by atoms with E-state index in [1.54, 1.807) is 4.90 Å². The van der Waals surface area contributed by atoms with E-state index in [1.807, 2.05) is 6.07 Å². The van der Waals surface area contributed by atoms with Crippen LogP contribution < -0.4 is 0 Å². The van der Waals surface area contributed by atoms with E-state index in [-0.39, 0.29) is 19.1 Å². The third-order valence-corrected chi connectivity index (χ3v) is 3.31. The molecule has 0 aromatic rings. The van der Waals surface area contributed by atoms with E-state index in [0.29, 0.717) is 6.42 Å². The predicted octanol–water partition coefficient (Wildman–Crippen LogP) is 1.14. The fourth-order valence-corrected chi connectivity index (χ4v) is 2.39. The summed E-state index contributed by atoms with van der Waals surface area (Å²) in [6, 6.07) is 1.64. The molecule has 0 spiro atoms. The number of likely N-dealkylation sites (tertiary alicyclic amines) is 1. The predicted molar refractivity (Wildman–Crippen MR) is 56.4 cm³/mol. The maximum absolute atomic E-state index is 12.3. The molecule has 7 heteroatoms. The molecule has 100 valence electrons. The average molecular weight is 261 g/mol. The zero-order valence-corrected chi connectivity index (χ0v) is 9.78. The minimum absolute atomic E-state index is 0.112. The smallest absolute Gasteiger partial charge is 0.332 e. The van der Waals surface area contributed by atoms with Crippen LogP contribution in [0.4, 0.5) is 13.2 Å². The Labute approximate surface area is 103 Å². The van der Waals surface area contributed by atoms with E-state index in [4.69, 9.17) is 5.26 Å². The second kappa shape index (κ2) is 4.76. The quantitative estimate of drug-likeness (QED) is 0.713. The summed E-state index contributed by atoms with van der Waals surface area (Å²) in [4.78, 5) is 14.5. The van der Waals surface area contributed by atoms with Crippen molar-refractivity contribution in [1.29, 1.82) is 5.26 Å². The number of nitriles is 1. The molecule has 2 rings (SSSR count). The van der Waals surface area contributed by atoms with Gasteiger partial charge in [0, 0.05) is 12.6 Å². The van der Waals surface area contributed by atoms with Gasteiger partial charge in [0.1, 0.15) is 6.54 Å². The second-order valence-electron chi connectivity index (χ2n) is 4.74. The van der Waals surface area contributed by atoms with Crippen molar-refractivity contribution in [3.05, 3.63) is 0 Å². The van der Waals surface area contributed by atoms with E-state index >= 15 is 0 Å². The van der Waals surface area contributed by atoms with Gasteiger partial charge in [-0.15, -0.1) is 0 Å². The SMILES string of the molecule is N#CCN(C1CC1)C1CCN(CC(F)(F)F)C1=O. The van der Waals surface area contributed by atoms with Crippen LogP contribution in [0.5, 0.6) is 0 Å². The van der Waals surface area contributed by atoms with Crippen molar-refractivity contribution in [2.24, 2.45) is 0 Å². The van der Waals surface area contributed by atoms with E-state index in [0.717, 1.165) is 17.7 Å². The van der Waals surface area contributed by atoms with Crippen molar-refractivity contribution < 1.29 is 18.0 Å². The van der Waals surface area contributed by atoms with Crippen LogP contribution in [0.2, 0.25) is 0 Å². The third kappa shape index (κ3) is 2.93. The number of alkyl halides is 3. The highest BCUT2D eigenvalue weighted by molar-refractivity contribution is 5.84. The molecule has 1 amide bonds. The summed E-state index contributed by atoms with van der Waals surface area (Å²) < 4.78 is 36.8. The number of rotatable bonds is 4. The van der Waals surface area contributed by atoms with Gasteiger partial charge in [-0.1, -0.05) is 0 Å². The van der Waals surface area contributed by atoms with E-state index in [1.165, 1.54) is 0 Å². The van der Waals surface area contributed by atoms with Gasteiger partial charge in [-0.3, -0.25) is 9.69 Å². The van der Waals surface area contributed by atoms with Crippen LogP contribution in [-0.2, 0) is 4.79 Å². The van der Waals surface area contributed by atoms with Gasteiger partial charge in [0.2, 0.25) is 5.91 Å². The first kappa shape index (κ1) is 13.1. The molecule has 1 atom stereocenters. The molecule has 0 radical (unpaired) electrons. The minimum Gasteiger partial charge on any atom is -0.332 e. The lowest BCUT2D eigenvalue weighted by atomic mass is 10.2. The lowest BCUT2D eigenvalue weighted by Gasteiger charge is -2.25. The van der Waals surface area contributed by atoms with Crippen LogP contribution in [0.15, 0.2) is 0 Å². The van der Waals surface area contributed by atoms with Crippen molar-refractivity contribution in [2.45, 2.75) is 37.5 Å². The molecule has 1 aliphatic carbocycles. The molecule has 0 bridgehead atoms. The summed E-state index contributed by atoms with van der Waals surface area (Å²) in [5.41, 5.74) is 0. The van der Waals surface area contributed by atoms with Gasteiger partial charge in [0.15, 0.2) is 0 Å². The maximum Gasteiger partial charge on any atom is 0.406 e. The van der Waals surface area contributed by atoms with Crippen molar-refractivity contribution >= 4 is 5.91 Å². The van der Waals surface area contributed by atoms with Gasteiger partial charge in [-0.05, 0) is 19.3 Å². The highest BCUT2D eigenvalue weighted by Gasteiger charge is 2.44. The molecule has 1 saturated carbocycles. The van der Waals surface area contributed by atoms with Crippen LogP contribution in [0.1, 0.15) is 19.3 Å². The first-order valence-electron chi connectivity index (χ1n) is 5.90. The minimum atomic E-state index is -4.36. The largest absolute Gasteiger partial charge is 0.406 e. The lowest BCUT2D eigenvalue weighted by molar-refractivity contribution is -0.159. The molecule has 0 aromatic heterocycles. The number of nitrogens with zero attached hydrogens (tertiary/aromatic N) is 3. The zero-order chi connectivity index (χ0) is 13.3. The lowest BCUT2D eigenvalue weighted by Crippen LogP contribution is -2.45. The zero-order valence-electron chi connectivity index (χ0n) is 9.78. The molecule has 1 saturated heterocycles. The Kier molecular flexibility index (Phi) is 3.48. The normalized spacial score (nSPS) is 24.7. The number of carbonyl (C=O) groups is 1. The molecule has 2 fully saturated rings. The van der Waals surface area contributed by atoms with E-state index in [2.05, 4.69) is 0 Å². The van der Waals surface area contributed by atoms with Crippen LogP contribution in [0.25, 0.3) is 0 Å². The Morgan fingerprint density at radius 1 is 1.39 bits per heavy atom. The summed E-state index contributed by atoms with van der Waals surface area (Å²) in [6.45, 7) is -0.952. The number of carbonyl (C=O) groups excluding carboxylic acids is 1. The molecule has 1 unspecified atom stereocenters. The molecule has 1 heterocycles. The van der Waals surface area contributed by atoms with Crippen LogP contribution in [-0.4, -0.2) is 53.6 Å². The van der Waals surface area contributed by atoms with Crippen LogP contribution in [0, 0.1) is 11.3 Å². The summed E-state index contributed by atoms with van der Waals surface area (Å²) in [7, 11) is 0. The van der Waals surface area contributed by atoms with Crippen molar-refractivity contribution in [1.82, 2.24) is 9.80 Å². The van der Waals surface area contributed by atoms with Crippen molar-refractivity contribution in [2.75, 3.05) is 19.6 Å². The fraction of sp³-hybridized carbons (Fsp3) is 0.818. The third-order valence-electron chi connectivity index (χ3n) is 3.31. The molecule has 18 heavy (non-hydrogen) atoms. The molecule has 2 aliphatic rings. The summed E-state index contributed by atoms with van der Waals surface area (Å²) >= 11 is 0. The molecule has 4 nitrogen and oxygen atoms in total. The Morgan fingerprint density at radius 3 is 2.56 bits per heavy atom. The second-order valence-corrected chi connectivity index (χ2v) is 4.74. The van der Waals surface area contributed by atoms with Gasteiger partial charge in [0.25, 0.3) is 0 Å². The number of hydrogen-bond donors (Lipinski definition) is 0. The molecular formula is C11H14F3N3O. The molecule has 0 N–H and O–H groups in total. The van der Waals surface area contributed by atoms with Gasteiger partial charge in [-0.2, -0.15) is 18.4 Å². The van der Waals surface area contributed by atoms with Gasteiger partial charge in [0.05, 0.1) is 18.7 Å². The van der Waals surface area contributed by atoms with Gasteiger partial charge in [-0.25, -0.2) is 0 Å².